The van der Waals surface area contributed by atoms with Crippen LogP contribution in [0.1, 0.15) is 32.4 Å². The van der Waals surface area contributed by atoms with Crippen LogP contribution in [0.5, 0.6) is 0 Å². The van der Waals surface area contributed by atoms with Crippen LogP contribution in [0.3, 0.4) is 0 Å². The minimum Gasteiger partial charge on any atom is -0.389 e. The van der Waals surface area contributed by atoms with E-state index in [0.717, 1.165) is 0 Å². The van der Waals surface area contributed by atoms with E-state index in [1.54, 1.807) is 19.1 Å². The lowest BCUT2D eigenvalue weighted by Gasteiger charge is -2.40. The van der Waals surface area contributed by atoms with E-state index in [9.17, 15) is 9.50 Å². The molecule has 100 valence electrons. The molecule has 1 aliphatic rings. The fourth-order valence-corrected chi connectivity index (χ4v) is 2.41. The van der Waals surface area contributed by atoms with Crippen molar-refractivity contribution in [3.63, 3.8) is 0 Å². The van der Waals surface area contributed by atoms with Crippen molar-refractivity contribution in [3.8, 4) is 0 Å². The predicted molar refractivity (Wildman–Crippen MR) is 69.3 cm³/mol. The minimum atomic E-state index is -0.679. The lowest BCUT2D eigenvalue weighted by molar-refractivity contribution is -0.0279. The van der Waals surface area contributed by atoms with Crippen LogP contribution in [0.25, 0.3) is 0 Å². The highest BCUT2D eigenvalue weighted by Crippen LogP contribution is 2.32. The molecular weight excluding hydrogens is 233 g/mol. The van der Waals surface area contributed by atoms with E-state index < -0.39 is 6.10 Å². The van der Waals surface area contributed by atoms with Gasteiger partial charge in [-0.15, -0.1) is 0 Å². The molecule has 0 saturated carbocycles. The Morgan fingerprint density at radius 2 is 2.17 bits per heavy atom. The first-order valence-electron chi connectivity index (χ1n) is 6.26. The predicted octanol–water partition coefficient (Wildman–Crippen LogP) is 2.49. The van der Waals surface area contributed by atoms with E-state index in [0.29, 0.717) is 30.9 Å². The van der Waals surface area contributed by atoms with Crippen LogP contribution in [0.15, 0.2) is 18.2 Å². The smallest absolute Gasteiger partial charge is 0.146 e. The first kappa shape index (κ1) is 13.3. The Morgan fingerprint density at radius 3 is 2.78 bits per heavy atom. The molecule has 1 heterocycles. The quantitative estimate of drug-likeness (QED) is 0.879. The summed E-state index contributed by atoms with van der Waals surface area (Å²) in [6.07, 6.45) is -0.679. The summed E-state index contributed by atoms with van der Waals surface area (Å²) in [6, 6.07) is 4.84. The zero-order valence-electron chi connectivity index (χ0n) is 11.1. The summed E-state index contributed by atoms with van der Waals surface area (Å²) < 4.78 is 19.7. The van der Waals surface area contributed by atoms with Gasteiger partial charge in [0.05, 0.1) is 24.0 Å². The summed E-state index contributed by atoms with van der Waals surface area (Å²) in [6.45, 7) is 7.46. The van der Waals surface area contributed by atoms with Gasteiger partial charge in [-0.05, 0) is 26.8 Å². The highest BCUT2D eigenvalue weighted by molar-refractivity contribution is 5.56. The van der Waals surface area contributed by atoms with Gasteiger partial charge >= 0.3 is 0 Å². The third kappa shape index (κ3) is 2.65. The number of benzene rings is 1. The van der Waals surface area contributed by atoms with Crippen LogP contribution in [0.2, 0.25) is 0 Å². The van der Waals surface area contributed by atoms with Crippen LogP contribution in [0.4, 0.5) is 10.1 Å². The number of anilines is 1. The van der Waals surface area contributed by atoms with E-state index in [2.05, 4.69) is 0 Å². The maximum atomic E-state index is 14.1. The number of morpholine rings is 1. The lowest BCUT2D eigenvalue weighted by Crippen LogP contribution is -2.49. The van der Waals surface area contributed by atoms with Crippen molar-refractivity contribution in [1.82, 2.24) is 0 Å². The van der Waals surface area contributed by atoms with E-state index in [4.69, 9.17) is 4.74 Å². The number of nitrogens with zero attached hydrogens (tertiary/aromatic N) is 1. The van der Waals surface area contributed by atoms with Crippen molar-refractivity contribution in [2.45, 2.75) is 32.5 Å². The normalized spacial score (nSPS) is 20.8. The number of ether oxygens (including phenoxy) is 1. The van der Waals surface area contributed by atoms with Crippen LogP contribution < -0.4 is 4.90 Å². The molecule has 4 heteroatoms. The zero-order valence-corrected chi connectivity index (χ0v) is 11.1. The number of rotatable bonds is 2. The molecule has 0 aliphatic carbocycles. The maximum absolute atomic E-state index is 14.1. The molecule has 0 unspecified atom stereocenters. The number of para-hydroxylation sites is 1. The van der Waals surface area contributed by atoms with Crippen LogP contribution in [0, 0.1) is 5.82 Å². The first-order chi connectivity index (χ1) is 8.41. The Labute approximate surface area is 107 Å². The molecule has 18 heavy (non-hydrogen) atoms. The average molecular weight is 253 g/mol. The Balaban J connectivity index is 2.38. The molecule has 0 aromatic heterocycles. The number of hydrogen-bond donors (Lipinski definition) is 1. The van der Waals surface area contributed by atoms with E-state index in [1.807, 2.05) is 18.7 Å². The van der Waals surface area contributed by atoms with E-state index in [1.165, 1.54) is 6.07 Å². The molecule has 2 rings (SSSR count). The van der Waals surface area contributed by atoms with Gasteiger partial charge in [0.15, 0.2) is 0 Å². The third-order valence-corrected chi connectivity index (χ3v) is 3.21. The number of hydrogen-bond acceptors (Lipinski definition) is 3. The zero-order chi connectivity index (χ0) is 13.3. The highest BCUT2D eigenvalue weighted by atomic mass is 19.1. The molecule has 0 amide bonds. The van der Waals surface area contributed by atoms with E-state index >= 15 is 0 Å². The Bertz CT molecular complexity index is 432. The second-order valence-corrected chi connectivity index (χ2v) is 5.38. The Hall–Kier alpha value is -1.13. The molecule has 0 radical (unpaired) electrons. The summed E-state index contributed by atoms with van der Waals surface area (Å²) in [5, 5.41) is 9.77. The molecule has 1 aliphatic heterocycles. The van der Waals surface area contributed by atoms with Crippen molar-refractivity contribution in [1.29, 1.82) is 0 Å². The standard InChI is InChI=1S/C14H20FNO2/c1-10(17)11-5-4-6-12(15)13(11)16-7-8-18-14(2,3)9-16/h4-6,10,17H,7-9H2,1-3H3/t10-/m0/s1. The Kier molecular flexibility index (Phi) is 3.59. The first-order valence-corrected chi connectivity index (χ1v) is 6.26. The van der Waals surface area contributed by atoms with Crippen molar-refractivity contribution in [2.24, 2.45) is 0 Å². The van der Waals surface area contributed by atoms with Crippen LogP contribution >= 0.6 is 0 Å². The molecule has 1 aromatic carbocycles. The van der Waals surface area contributed by atoms with Crippen molar-refractivity contribution in [3.05, 3.63) is 29.6 Å². The number of aliphatic hydroxyl groups excluding tert-OH is 1. The van der Waals surface area contributed by atoms with Gasteiger partial charge in [0.2, 0.25) is 0 Å². The SMILES string of the molecule is C[C@H](O)c1cccc(F)c1N1CCOC(C)(C)C1. The minimum absolute atomic E-state index is 0.286. The average Bonchev–Trinajstić information content (AvgIpc) is 2.27. The van der Waals surface area contributed by atoms with Gasteiger partial charge in [0.25, 0.3) is 0 Å². The number of aliphatic hydroxyl groups is 1. The second kappa shape index (κ2) is 4.86. The summed E-state index contributed by atoms with van der Waals surface area (Å²) in [5.74, 6) is -0.286. The molecule has 1 atom stereocenters. The van der Waals surface area contributed by atoms with Gasteiger partial charge in [-0.3, -0.25) is 0 Å². The van der Waals surface area contributed by atoms with Crippen molar-refractivity contribution in [2.75, 3.05) is 24.6 Å². The molecule has 0 bridgehead atoms. The van der Waals surface area contributed by atoms with Gasteiger partial charge in [-0.25, -0.2) is 4.39 Å². The van der Waals surface area contributed by atoms with Crippen LogP contribution in [-0.4, -0.2) is 30.4 Å². The molecule has 1 aromatic rings. The topological polar surface area (TPSA) is 32.7 Å². The van der Waals surface area contributed by atoms with Gasteiger partial charge in [-0.1, -0.05) is 12.1 Å². The Morgan fingerprint density at radius 1 is 1.44 bits per heavy atom. The third-order valence-electron chi connectivity index (χ3n) is 3.21. The highest BCUT2D eigenvalue weighted by Gasteiger charge is 2.30. The summed E-state index contributed by atoms with van der Waals surface area (Å²) in [4.78, 5) is 1.96. The van der Waals surface area contributed by atoms with Gasteiger partial charge in [-0.2, -0.15) is 0 Å². The van der Waals surface area contributed by atoms with E-state index in [-0.39, 0.29) is 11.4 Å². The van der Waals surface area contributed by atoms with Gasteiger partial charge in [0, 0.05) is 18.7 Å². The van der Waals surface area contributed by atoms with Crippen LogP contribution in [-0.2, 0) is 4.74 Å². The largest absolute Gasteiger partial charge is 0.389 e. The monoisotopic (exact) mass is 253 g/mol. The molecule has 3 nitrogen and oxygen atoms in total. The van der Waals surface area contributed by atoms with Crippen molar-refractivity contribution < 1.29 is 14.2 Å². The summed E-state index contributed by atoms with van der Waals surface area (Å²) >= 11 is 0. The van der Waals surface area contributed by atoms with Gasteiger partial charge in [0.1, 0.15) is 5.82 Å². The van der Waals surface area contributed by atoms with Crippen molar-refractivity contribution >= 4 is 5.69 Å². The molecular formula is C14H20FNO2. The molecule has 1 fully saturated rings. The summed E-state index contributed by atoms with van der Waals surface area (Å²) in [5.41, 5.74) is 0.841. The lowest BCUT2D eigenvalue weighted by atomic mass is 10.0. The second-order valence-electron chi connectivity index (χ2n) is 5.38. The molecule has 0 spiro atoms. The molecule has 1 N–H and O–H groups in total. The number of halogens is 1. The molecule has 1 saturated heterocycles. The maximum Gasteiger partial charge on any atom is 0.146 e. The van der Waals surface area contributed by atoms with Gasteiger partial charge < -0.3 is 14.7 Å². The fraction of sp³-hybridized carbons (Fsp3) is 0.571. The summed E-state index contributed by atoms with van der Waals surface area (Å²) in [7, 11) is 0. The fourth-order valence-electron chi connectivity index (χ4n) is 2.41.